The molecule has 1 N–H and O–H groups in total. The Labute approximate surface area is 170 Å². The molecule has 0 amide bonds. The summed E-state index contributed by atoms with van der Waals surface area (Å²) in [6.07, 6.45) is -2.31. The lowest BCUT2D eigenvalue weighted by molar-refractivity contribution is -0.141. The van der Waals surface area contributed by atoms with E-state index in [4.69, 9.17) is 0 Å². The fraction of sp³-hybridized carbons (Fsp3) is 0.368. The zero-order valence-electron chi connectivity index (χ0n) is 16.1. The number of fused-ring (bicyclic) bond motifs is 1. The summed E-state index contributed by atoms with van der Waals surface area (Å²) in [4.78, 5) is 12.3. The van der Waals surface area contributed by atoms with Crippen molar-refractivity contribution in [1.29, 1.82) is 5.26 Å². The first-order valence-corrected chi connectivity index (χ1v) is 10.8. The first-order chi connectivity index (χ1) is 14.0. The van der Waals surface area contributed by atoms with Gasteiger partial charge in [0, 0.05) is 13.1 Å². The van der Waals surface area contributed by atoms with Gasteiger partial charge in [0.15, 0.2) is 11.5 Å². The number of nitrogens with zero attached hydrogens (tertiary/aromatic N) is 5. The van der Waals surface area contributed by atoms with E-state index in [9.17, 15) is 27.2 Å². The maximum Gasteiger partial charge on any atom is 0.433 e. The van der Waals surface area contributed by atoms with E-state index in [1.807, 2.05) is 0 Å². The molecule has 1 atom stereocenters. The van der Waals surface area contributed by atoms with Crippen LogP contribution in [0.1, 0.15) is 31.2 Å². The van der Waals surface area contributed by atoms with Gasteiger partial charge in [-0.1, -0.05) is 4.21 Å². The molecule has 11 heteroatoms. The topological polar surface area (TPSA) is 105 Å². The van der Waals surface area contributed by atoms with Crippen molar-refractivity contribution >= 4 is 21.2 Å². The number of imidazole rings is 1. The molecule has 7 nitrogen and oxygen atoms in total. The van der Waals surface area contributed by atoms with Crippen LogP contribution in [0.2, 0.25) is 0 Å². The maximum absolute atomic E-state index is 13.0. The van der Waals surface area contributed by atoms with Crippen LogP contribution in [0, 0.1) is 11.3 Å². The van der Waals surface area contributed by atoms with E-state index >= 15 is 0 Å². The number of aryl methyl sites for hydroxylation is 1. The smallest absolute Gasteiger partial charge is 0.324 e. The lowest BCUT2D eigenvalue weighted by Crippen LogP contribution is -2.17. The summed E-state index contributed by atoms with van der Waals surface area (Å²) in [5, 5.41) is 9.49. The van der Waals surface area contributed by atoms with Gasteiger partial charge in [0.05, 0.1) is 34.4 Å². The largest absolute Gasteiger partial charge is 0.433 e. The summed E-state index contributed by atoms with van der Waals surface area (Å²) in [5.41, 5.74) is -0.936. The highest BCUT2D eigenvalue weighted by Gasteiger charge is 2.47. The lowest BCUT2D eigenvalue weighted by atomic mass is 10.0. The number of aromatic nitrogens is 4. The molecule has 1 fully saturated rings. The molecule has 3 aromatic heterocycles. The third-order valence-corrected chi connectivity index (χ3v) is 7.12. The van der Waals surface area contributed by atoms with Crippen molar-refractivity contribution in [1.82, 2.24) is 19.5 Å². The molecule has 0 radical (unpaired) electrons. The zero-order valence-corrected chi connectivity index (χ0v) is 16.9. The first-order valence-electron chi connectivity index (χ1n) is 9.09. The molecule has 0 bridgehead atoms. The number of hydrogen-bond acceptors (Lipinski definition) is 5. The molecule has 0 aromatic carbocycles. The van der Waals surface area contributed by atoms with E-state index < -0.39 is 27.5 Å². The van der Waals surface area contributed by atoms with Gasteiger partial charge in [0.25, 0.3) is 0 Å². The molecule has 1 aliphatic rings. The van der Waals surface area contributed by atoms with E-state index in [0.29, 0.717) is 24.1 Å². The number of hydrogen-bond donors (Lipinski definition) is 1. The van der Waals surface area contributed by atoms with Gasteiger partial charge in [0.1, 0.15) is 11.4 Å². The average Bonchev–Trinajstić information content (AvgIpc) is 3.45. The number of pyridine rings is 2. The van der Waals surface area contributed by atoms with Crippen LogP contribution < -0.4 is 0 Å². The highest BCUT2D eigenvalue weighted by molar-refractivity contribution is 7.97. The Kier molecular flexibility index (Phi) is 4.48. The molecule has 4 rings (SSSR count). The molecule has 156 valence electrons. The summed E-state index contributed by atoms with van der Waals surface area (Å²) in [6, 6.07) is 6.08. The second-order valence-corrected chi connectivity index (χ2v) is 9.51. The minimum Gasteiger partial charge on any atom is -0.324 e. The van der Waals surface area contributed by atoms with Gasteiger partial charge in [0.2, 0.25) is 15.1 Å². The van der Waals surface area contributed by atoms with Crippen molar-refractivity contribution in [3.63, 3.8) is 0 Å². The monoisotopic (exact) mass is 436 g/mol. The molecule has 0 spiro atoms. The number of halogens is 3. The van der Waals surface area contributed by atoms with Gasteiger partial charge in [-0.15, -0.1) is 0 Å². The maximum atomic E-state index is 13.0. The quantitative estimate of drug-likeness (QED) is 0.621. The Morgan fingerprint density at radius 3 is 2.60 bits per heavy atom. The molecule has 1 unspecified atom stereocenters. The predicted molar refractivity (Wildman–Crippen MR) is 103 cm³/mol. The van der Waals surface area contributed by atoms with E-state index in [2.05, 4.69) is 21.0 Å². The lowest BCUT2D eigenvalue weighted by Gasteiger charge is -2.12. The van der Waals surface area contributed by atoms with Gasteiger partial charge in [-0.05, 0) is 31.9 Å². The van der Waals surface area contributed by atoms with Crippen LogP contribution in [0.4, 0.5) is 13.2 Å². The molecule has 0 aliphatic heterocycles. The fourth-order valence-corrected chi connectivity index (χ4v) is 4.32. The highest BCUT2D eigenvalue weighted by atomic mass is 32.3. The van der Waals surface area contributed by atoms with Gasteiger partial charge in [-0.2, -0.15) is 23.0 Å². The zero-order chi connectivity index (χ0) is 21.9. The van der Waals surface area contributed by atoms with Gasteiger partial charge >= 0.3 is 6.18 Å². The normalized spacial score (nSPS) is 17.5. The summed E-state index contributed by atoms with van der Waals surface area (Å²) in [6.45, 7) is 1.55. The molecular formula is C19H17F3N5O2S+. The van der Waals surface area contributed by atoms with Crippen molar-refractivity contribution in [3.05, 3.63) is 35.8 Å². The van der Waals surface area contributed by atoms with Crippen LogP contribution in [0.15, 0.2) is 29.3 Å². The van der Waals surface area contributed by atoms with Crippen LogP contribution in [0.3, 0.4) is 0 Å². The molecule has 30 heavy (non-hydrogen) atoms. The van der Waals surface area contributed by atoms with Crippen LogP contribution in [0.5, 0.6) is 0 Å². The summed E-state index contributed by atoms with van der Waals surface area (Å²) in [7, 11) is -1.89. The Hall–Kier alpha value is -2.84. The van der Waals surface area contributed by atoms with Crippen molar-refractivity contribution in [2.45, 2.75) is 36.3 Å². The third-order valence-electron chi connectivity index (χ3n) is 5.32. The second-order valence-electron chi connectivity index (χ2n) is 7.22. The standard InChI is InChI=1S/C19H16F3N5O2S/c1-3-30(28,29)13-4-5-14(18(10-23)6-7-18)26-16(13)17-25-11-8-15(19(20,21)22)24-9-12(11)27(17)2/h4-5,8-9H,3,6-7H2,1-2H3/p+1. The van der Waals surface area contributed by atoms with E-state index in [1.165, 1.54) is 10.6 Å². The van der Waals surface area contributed by atoms with Crippen molar-refractivity contribution in [3.8, 4) is 17.6 Å². The summed E-state index contributed by atoms with van der Waals surface area (Å²) < 4.78 is 63.8. The minimum absolute atomic E-state index is 0.0323. The van der Waals surface area contributed by atoms with Gasteiger partial charge in [-0.25, -0.2) is 15.0 Å². The van der Waals surface area contributed by atoms with Crippen molar-refractivity contribution in [2.24, 2.45) is 7.05 Å². The van der Waals surface area contributed by atoms with E-state index in [1.54, 1.807) is 20.0 Å². The summed E-state index contributed by atoms with van der Waals surface area (Å²) in [5.74, 6) is 0.0562. The van der Waals surface area contributed by atoms with Crippen LogP contribution in [0.25, 0.3) is 22.6 Å². The number of rotatable bonds is 4. The number of nitriles is 1. The first kappa shape index (κ1) is 20.4. The molecule has 1 saturated carbocycles. The molecule has 3 aromatic rings. The van der Waals surface area contributed by atoms with E-state index in [0.717, 1.165) is 12.3 Å². The SMILES string of the molecule is CC[S+](=O)(O)c1ccc(C2(C#N)CC2)nc1-c1nc2cc(C(F)(F)F)ncc2n1C. The van der Waals surface area contributed by atoms with E-state index in [-0.39, 0.29) is 27.7 Å². The predicted octanol–water partition coefficient (Wildman–Crippen LogP) is 3.96. The molecule has 3 heterocycles. The summed E-state index contributed by atoms with van der Waals surface area (Å²) >= 11 is 0. The number of alkyl halides is 3. The Morgan fingerprint density at radius 2 is 2.03 bits per heavy atom. The van der Waals surface area contributed by atoms with Crippen LogP contribution >= 0.6 is 0 Å². The highest BCUT2D eigenvalue weighted by Crippen LogP contribution is 2.47. The molecule has 0 saturated heterocycles. The van der Waals surface area contributed by atoms with Crippen molar-refractivity contribution in [2.75, 3.05) is 5.75 Å². The third kappa shape index (κ3) is 3.16. The van der Waals surface area contributed by atoms with Crippen molar-refractivity contribution < 1.29 is 21.9 Å². The molecular weight excluding hydrogens is 419 g/mol. The molecule has 1 aliphatic carbocycles. The van der Waals surface area contributed by atoms with Crippen LogP contribution in [-0.4, -0.2) is 29.8 Å². The van der Waals surface area contributed by atoms with Gasteiger partial charge < -0.3 is 4.57 Å². The Balaban J connectivity index is 1.97. The minimum atomic E-state index is -4.62. The fourth-order valence-electron chi connectivity index (χ4n) is 3.29. The van der Waals surface area contributed by atoms with Gasteiger partial charge in [-0.3, -0.25) is 0 Å². The van der Waals surface area contributed by atoms with Crippen LogP contribution in [-0.2, 0) is 33.1 Å². The Bertz CT molecular complexity index is 1260. The Morgan fingerprint density at radius 1 is 1.33 bits per heavy atom. The second kappa shape index (κ2) is 6.58. The average molecular weight is 436 g/mol.